The fourth-order valence-corrected chi connectivity index (χ4v) is 3.33. The zero-order chi connectivity index (χ0) is 16.1. The van der Waals surface area contributed by atoms with Crippen molar-refractivity contribution in [2.45, 2.75) is 37.8 Å². The molecule has 1 fully saturated rings. The van der Waals surface area contributed by atoms with Crippen LogP contribution in [0.1, 0.15) is 35.4 Å². The Kier molecular flexibility index (Phi) is 5.51. The maximum Gasteiger partial charge on any atom is 0.251 e. The van der Waals surface area contributed by atoms with Crippen LogP contribution in [0.3, 0.4) is 0 Å². The zero-order valence-electron chi connectivity index (χ0n) is 12.9. The van der Waals surface area contributed by atoms with Crippen LogP contribution in [0, 0.1) is 0 Å². The molecular formula is C18H21BrN2O2. The Morgan fingerprint density at radius 3 is 2.70 bits per heavy atom. The van der Waals surface area contributed by atoms with E-state index in [4.69, 9.17) is 4.42 Å². The van der Waals surface area contributed by atoms with Gasteiger partial charge >= 0.3 is 0 Å². The first kappa shape index (κ1) is 16.3. The van der Waals surface area contributed by atoms with Crippen molar-refractivity contribution in [1.82, 2.24) is 10.6 Å². The monoisotopic (exact) mass is 376 g/mol. The minimum absolute atomic E-state index is 0.00207. The number of benzene rings is 1. The normalized spacial score (nSPS) is 20.6. The highest BCUT2D eigenvalue weighted by atomic mass is 79.9. The molecule has 1 aliphatic carbocycles. The van der Waals surface area contributed by atoms with E-state index in [1.54, 1.807) is 6.26 Å². The fraction of sp³-hybridized carbons (Fsp3) is 0.389. The van der Waals surface area contributed by atoms with Crippen molar-refractivity contribution in [3.05, 3.63) is 58.5 Å². The van der Waals surface area contributed by atoms with Gasteiger partial charge in [0.1, 0.15) is 5.76 Å². The summed E-state index contributed by atoms with van der Waals surface area (Å²) in [5, 5.41) is 6.72. The number of carbonyl (C=O) groups excluding carboxylic acids is 1. The summed E-state index contributed by atoms with van der Waals surface area (Å²) in [6, 6.07) is 11.9. The van der Waals surface area contributed by atoms with Crippen LogP contribution in [-0.2, 0) is 6.42 Å². The van der Waals surface area contributed by atoms with Crippen molar-refractivity contribution < 1.29 is 9.21 Å². The van der Waals surface area contributed by atoms with Crippen molar-refractivity contribution in [2.24, 2.45) is 0 Å². The van der Waals surface area contributed by atoms with Gasteiger partial charge in [0, 0.05) is 35.1 Å². The molecule has 23 heavy (non-hydrogen) atoms. The number of furan rings is 1. The van der Waals surface area contributed by atoms with Gasteiger partial charge in [0.25, 0.3) is 5.91 Å². The summed E-state index contributed by atoms with van der Waals surface area (Å²) < 4.78 is 6.32. The third-order valence-corrected chi connectivity index (χ3v) is 4.83. The average molecular weight is 377 g/mol. The summed E-state index contributed by atoms with van der Waals surface area (Å²) in [6.07, 6.45) is 5.84. The van der Waals surface area contributed by atoms with Crippen LogP contribution in [0.15, 0.2) is 51.6 Å². The van der Waals surface area contributed by atoms with Crippen LogP contribution < -0.4 is 10.6 Å². The molecule has 1 amide bonds. The standard InChI is InChI=1S/C18H21BrN2O2/c19-14-8-6-13(7-9-14)18(22)21-17-5-1-4-16(17)20-11-10-15-3-2-12-23-15/h2-3,6-9,12,16-17,20H,1,4-5,10-11H2,(H,21,22). The van der Waals surface area contributed by atoms with Gasteiger partial charge in [-0.1, -0.05) is 15.9 Å². The van der Waals surface area contributed by atoms with E-state index < -0.39 is 0 Å². The number of rotatable bonds is 6. The summed E-state index contributed by atoms with van der Waals surface area (Å²) >= 11 is 3.39. The number of halogens is 1. The predicted octanol–water partition coefficient (Wildman–Crippen LogP) is 3.53. The van der Waals surface area contributed by atoms with Gasteiger partial charge in [-0.2, -0.15) is 0 Å². The van der Waals surface area contributed by atoms with Crippen molar-refractivity contribution in [2.75, 3.05) is 6.54 Å². The molecular weight excluding hydrogens is 356 g/mol. The van der Waals surface area contributed by atoms with E-state index in [2.05, 4.69) is 26.6 Å². The summed E-state index contributed by atoms with van der Waals surface area (Å²) in [7, 11) is 0. The topological polar surface area (TPSA) is 54.3 Å². The van der Waals surface area contributed by atoms with E-state index in [1.807, 2.05) is 36.4 Å². The number of hydrogen-bond acceptors (Lipinski definition) is 3. The number of amides is 1. The molecule has 2 aromatic rings. The minimum atomic E-state index is 0.00207. The maximum absolute atomic E-state index is 12.3. The molecule has 1 aromatic carbocycles. The molecule has 2 atom stereocenters. The van der Waals surface area contributed by atoms with E-state index in [9.17, 15) is 4.79 Å². The van der Waals surface area contributed by atoms with E-state index in [0.717, 1.165) is 42.5 Å². The molecule has 3 rings (SSSR count). The minimum Gasteiger partial charge on any atom is -0.469 e. The fourth-order valence-electron chi connectivity index (χ4n) is 3.07. The largest absolute Gasteiger partial charge is 0.469 e. The SMILES string of the molecule is O=C(NC1CCCC1NCCc1ccco1)c1ccc(Br)cc1. The molecule has 0 bridgehead atoms. The predicted molar refractivity (Wildman–Crippen MR) is 93.4 cm³/mol. The zero-order valence-corrected chi connectivity index (χ0v) is 14.5. The van der Waals surface area contributed by atoms with E-state index in [-0.39, 0.29) is 11.9 Å². The Labute approximate surface area is 144 Å². The number of carbonyl (C=O) groups is 1. The Hall–Kier alpha value is -1.59. The van der Waals surface area contributed by atoms with Crippen LogP contribution in [0.25, 0.3) is 0 Å². The van der Waals surface area contributed by atoms with Gasteiger partial charge in [-0.3, -0.25) is 4.79 Å². The second-order valence-electron chi connectivity index (χ2n) is 5.91. The average Bonchev–Trinajstić information content (AvgIpc) is 3.20. The van der Waals surface area contributed by atoms with Gasteiger partial charge in [-0.15, -0.1) is 0 Å². The molecule has 2 N–H and O–H groups in total. The van der Waals surface area contributed by atoms with Crippen LogP contribution in [0.2, 0.25) is 0 Å². The summed E-state index contributed by atoms with van der Waals surface area (Å²) in [6.45, 7) is 0.864. The summed E-state index contributed by atoms with van der Waals surface area (Å²) in [5.74, 6) is 0.994. The lowest BCUT2D eigenvalue weighted by Crippen LogP contribution is -2.47. The first-order valence-electron chi connectivity index (χ1n) is 8.04. The molecule has 0 saturated heterocycles. The lowest BCUT2D eigenvalue weighted by Gasteiger charge is -2.22. The van der Waals surface area contributed by atoms with Gasteiger partial charge in [0.15, 0.2) is 0 Å². The van der Waals surface area contributed by atoms with Crippen LogP contribution in [-0.4, -0.2) is 24.5 Å². The number of nitrogens with one attached hydrogen (secondary N) is 2. The van der Waals surface area contributed by atoms with Crippen LogP contribution in [0.5, 0.6) is 0 Å². The Bertz CT molecular complexity index is 625. The molecule has 122 valence electrons. The van der Waals surface area contributed by atoms with Crippen LogP contribution in [0.4, 0.5) is 0 Å². The summed E-state index contributed by atoms with van der Waals surface area (Å²) in [5.41, 5.74) is 0.703. The third kappa shape index (κ3) is 4.45. The second-order valence-corrected chi connectivity index (χ2v) is 6.82. The van der Waals surface area contributed by atoms with Gasteiger partial charge in [0.2, 0.25) is 0 Å². The molecule has 1 aliphatic rings. The van der Waals surface area contributed by atoms with E-state index in [0.29, 0.717) is 11.6 Å². The molecule has 1 heterocycles. The molecule has 4 nitrogen and oxygen atoms in total. The lowest BCUT2D eigenvalue weighted by atomic mass is 10.1. The van der Waals surface area contributed by atoms with Gasteiger partial charge in [0.05, 0.1) is 6.26 Å². The quantitative estimate of drug-likeness (QED) is 0.810. The smallest absolute Gasteiger partial charge is 0.251 e. The number of hydrogen-bond donors (Lipinski definition) is 2. The Balaban J connectivity index is 1.50. The highest BCUT2D eigenvalue weighted by molar-refractivity contribution is 9.10. The van der Waals surface area contributed by atoms with Crippen molar-refractivity contribution in [3.63, 3.8) is 0 Å². The molecule has 5 heteroatoms. The van der Waals surface area contributed by atoms with E-state index in [1.165, 1.54) is 0 Å². The van der Waals surface area contributed by atoms with Crippen molar-refractivity contribution in [1.29, 1.82) is 0 Å². The lowest BCUT2D eigenvalue weighted by molar-refractivity contribution is 0.0931. The molecule has 0 aliphatic heterocycles. The summed E-state index contributed by atoms with van der Waals surface area (Å²) in [4.78, 5) is 12.3. The first-order valence-corrected chi connectivity index (χ1v) is 8.84. The van der Waals surface area contributed by atoms with E-state index >= 15 is 0 Å². The Morgan fingerprint density at radius 2 is 1.96 bits per heavy atom. The van der Waals surface area contributed by atoms with Gasteiger partial charge in [-0.25, -0.2) is 0 Å². The third-order valence-electron chi connectivity index (χ3n) is 4.30. The van der Waals surface area contributed by atoms with Crippen LogP contribution >= 0.6 is 15.9 Å². The second kappa shape index (κ2) is 7.79. The van der Waals surface area contributed by atoms with Gasteiger partial charge < -0.3 is 15.1 Å². The molecule has 0 radical (unpaired) electrons. The maximum atomic E-state index is 12.3. The molecule has 1 aromatic heterocycles. The highest BCUT2D eigenvalue weighted by Gasteiger charge is 2.28. The first-order chi connectivity index (χ1) is 11.2. The molecule has 1 saturated carbocycles. The highest BCUT2D eigenvalue weighted by Crippen LogP contribution is 2.20. The molecule has 0 spiro atoms. The van der Waals surface area contributed by atoms with Crippen molar-refractivity contribution >= 4 is 21.8 Å². The van der Waals surface area contributed by atoms with Gasteiger partial charge in [-0.05, 0) is 55.7 Å². The van der Waals surface area contributed by atoms with Crippen molar-refractivity contribution in [3.8, 4) is 0 Å². The molecule has 2 unspecified atom stereocenters. The Morgan fingerprint density at radius 1 is 1.17 bits per heavy atom.